The van der Waals surface area contributed by atoms with Gasteiger partial charge in [0.1, 0.15) is 11.8 Å². The molecular weight excluding hydrogens is 290 g/mol. The van der Waals surface area contributed by atoms with E-state index in [-0.39, 0.29) is 18.1 Å². The maximum Gasteiger partial charge on any atom is 0.268 e. The topological polar surface area (TPSA) is 67.0 Å². The number of nitrogens with one attached hydrogen (secondary N) is 2. The van der Waals surface area contributed by atoms with Crippen LogP contribution >= 0.6 is 11.6 Å². The number of rotatable bonds is 3. The monoisotopic (exact) mass is 305 g/mol. The fourth-order valence-electron chi connectivity index (χ4n) is 2.56. The number of aromatic amines is 1. The molecule has 3 rings (SSSR count). The lowest BCUT2D eigenvalue weighted by Crippen LogP contribution is -2.42. The van der Waals surface area contributed by atoms with Crippen LogP contribution in [0.1, 0.15) is 35.0 Å². The fraction of sp³-hybridized carbons (Fsp3) is 0.333. The molecule has 3 heterocycles. The third kappa shape index (κ3) is 3.25. The highest BCUT2D eigenvalue weighted by Gasteiger charge is 2.29. The van der Waals surface area contributed by atoms with E-state index in [1.54, 1.807) is 24.7 Å². The average molecular weight is 306 g/mol. The zero-order valence-electron chi connectivity index (χ0n) is 11.4. The number of nitrogens with zero attached hydrogens (tertiary/aromatic N) is 1. The van der Waals surface area contributed by atoms with E-state index in [1.807, 2.05) is 12.1 Å². The van der Waals surface area contributed by atoms with Gasteiger partial charge in [-0.3, -0.25) is 9.78 Å². The van der Waals surface area contributed by atoms with Crippen LogP contribution in [0.25, 0.3) is 0 Å². The van der Waals surface area contributed by atoms with Crippen LogP contribution < -0.4 is 5.32 Å². The van der Waals surface area contributed by atoms with Crippen molar-refractivity contribution in [1.82, 2.24) is 15.3 Å². The first-order valence-electron chi connectivity index (χ1n) is 6.90. The fourth-order valence-corrected chi connectivity index (χ4v) is 2.72. The number of hydrogen-bond donors (Lipinski definition) is 2. The Kier molecular flexibility index (Phi) is 4.22. The minimum atomic E-state index is -0.170. The average Bonchev–Trinajstić information content (AvgIpc) is 2.95. The van der Waals surface area contributed by atoms with Crippen LogP contribution in [0.4, 0.5) is 0 Å². The van der Waals surface area contributed by atoms with Crippen molar-refractivity contribution in [2.75, 3.05) is 6.61 Å². The molecule has 2 atom stereocenters. The minimum Gasteiger partial charge on any atom is -0.371 e. The quantitative estimate of drug-likeness (QED) is 0.916. The SMILES string of the molecule is O=C(N[C@H]1CCCO[C@@H]1c1ccncc1)c1cc(Cl)c[nH]1. The Balaban J connectivity index is 1.74. The molecule has 0 saturated carbocycles. The standard InChI is InChI=1S/C15H16ClN3O2/c16-11-8-13(18-9-11)15(20)19-12-2-1-7-21-14(12)10-3-5-17-6-4-10/h3-6,8-9,12,14,18H,1-2,7H2,(H,19,20)/t12-,14+/m0/s1. The van der Waals surface area contributed by atoms with Gasteiger partial charge in [0.15, 0.2) is 0 Å². The largest absolute Gasteiger partial charge is 0.371 e. The Morgan fingerprint density at radius 3 is 2.95 bits per heavy atom. The van der Waals surface area contributed by atoms with Gasteiger partial charge in [0.25, 0.3) is 5.91 Å². The second-order valence-electron chi connectivity index (χ2n) is 5.03. The molecule has 0 bridgehead atoms. The molecule has 1 saturated heterocycles. The summed E-state index contributed by atoms with van der Waals surface area (Å²) >= 11 is 5.83. The lowest BCUT2D eigenvalue weighted by molar-refractivity contribution is -0.00954. The number of H-pyrrole nitrogens is 1. The van der Waals surface area contributed by atoms with E-state index in [9.17, 15) is 4.79 Å². The van der Waals surface area contributed by atoms with Gasteiger partial charge < -0.3 is 15.0 Å². The first-order chi connectivity index (χ1) is 10.2. The van der Waals surface area contributed by atoms with Crippen molar-refractivity contribution in [3.8, 4) is 0 Å². The number of ether oxygens (including phenoxy) is 1. The molecule has 6 heteroatoms. The summed E-state index contributed by atoms with van der Waals surface area (Å²) in [5.74, 6) is -0.170. The Morgan fingerprint density at radius 2 is 2.24 bits per heavy atom. The molecule has 0 spiro atoms. The lowest BCUT2D eigenvalue weighted by atomic mass is 9.96. The number of aromatic nitrogens is 2. The van der Waals surface area contributed by atoms with Gasteiger partial charge >= 0.3 is 0 Å². The van der Waals surface area contributed by atoms with Crippen LogP contribution in [-0.4, -0.2) is 28.5 Å². The highest BCUT2D eigenvalue weighted by atomic mass is 35.5. The molecule has 1 fully saturated rings. The molecule has 2 aromatic rings. The highest BCUT2D eigenvalue weighted by Crippen LogP contribution is 2.28. The van der Waals surface area contributed by atoms with E-state index in [1.165, 1.54) is 0 Å². The maximum absolute atomic E-state index is 12.2. The van der Waals surface area contributed by atoms with Gasteiger partial charge in [-0.15, -0.1) is 0 Å². The van der Waals surface area contributed by atoms with Gasteiger partial charge in [-0.2, -0.15) is 0 Å². The molecule has 21 heavy (non-hydrogen) atoms. The van der Waals surface area contributed by atoms with E-state index in [0.717, 1.165) is 18.4 Å². The summed E-state index contributed by atoms with van der Waals surface area (Å²) in [5.41, 5.74) is 1.48. The van der Waals surface area contributed by atoms with E-state index in [0.29, 0.717) is 17.3 Å². The second-order valence-corrected chi connectivity index (χ2v) is 5.46. The maximum atomic E-state index is 12.2. The zero-order chi connectivity index (χ0) is 14.7. The summed E-state index contributed by atoms with van der Waals surface area (Å²) in [5, 5.41) is 3.54. The van der Waals surface area contributed by atoms with Crippen LogP contribution in [-0.2, 0) is 4.74 Å². The summed E-state index contributed by atoms with van der Waals surface area (Å²) in [7, 11) is 0. The Bertz CT molecular complexity index is 614. The molecule has 110 valence electrons. The number of amides is 1. The molecular formula is C15H16ClN3O2. The number of carbonyl (C=O) groups excluding carboxylic acids is 1. The third-order valence-corrected chi connectivity index (χ3v) is 3.78. The van der Waals surface area contributed by atoms with Gasteiger partial charge in [-0.1, -0.05) is 11.6 Å². The van der Waals surface area contributed by atoms with Crippen LogP contribution in [0.2, 0.25) is 5.02 Å². The van der Waals surface area contributed by atoms with Crippen molar-refractivity contribution in [2.24, 2.45) is 0 Å². The predicted molar refractivity (Wildman–Crippen MR) is 79.2 cm³/mol. The van der Waals surface area contributed by atoms with Crippen molar-refractivity contribution in [3.05, 3.63) is 53.1 Å². The minimum absolute atomic E-state index is 0.0595. The Morgan fingerprint density at radius 1 is 1.43 bits per heavy atom. The van der Waals surface area contributed by atoms with Gasteiger partial charge in [-0.05, 0) is 36.6 Å². The second kappa shape index (κ2) is 6.28. The number of pyridine rings is 1. The zero-order valence-corrected chi connectivity index (χ0v) is 12.1. The van der Waals surface area contributed by atoms with Crippen LogP contribution in [0.5, 0.6) is 0 Å². The van der Waals surface area contributed by atoms with Crippen LogP contribution in [0, 0.1) is 0 Å². The normalized spacial score (nSPS) is 22.0. The van der Waals surface area contributed by atoms with Gasteiger partial charge in [0.05, 0.1) is 11.1 Å². The molecule has 0 aromatic carbocycles. The summed E-state index contributed by atoms with van der Waals surface area (Å²) in [6.07, 6.45) is 6.73. The number of carbonyl (C=O) groups is 1. The Labute approximate surface area is 127 Å². The summed E-state index contributed by atoms with van der Waals surface area (Å²) in [4.78, 5) is 19.1. The van der Waals surface area contributed by atoms with Gasteiger partial charge in [-0.25, -0.2) is 0 Å². The summed E-state index contributed by atoms with van der Waals surface area (Å²) in [6.45, 7) is 0.702. The summed E-state index contributed by atoms with van der Waals surface area (Å²) < 4.78 is 5.84. The van der Waals surface area contributed by atoms with Crippen molar-refractivity contribution in [3.63, 3.8) is 0 Å². The Hall–Kier alpha value is -1.85. The lowest BCUT2D eigenvalue weighted by Gasteiger charge is -2.32. The molecule has 0 radical (unpaired) electrons. The highest BCUT2D eigenvalue weighted by molar-refractivity contribution is 6.30. The van der Waals surface area contributed by atoms with Crippen molar-refractivity contribution < 1.29 is 9.53 Å². The van der Waals surface area contributed by atoms with Crippen LogP contribution in [0.15, 0.2) is 36.8 Å². The summed E-state index contributed by atoms with van der Waals surface area (Å²) in [6, 6.07) is 5.39. The van der Waals surface area contributed by atoms with E-state index >= 15 is 0 Å². The molecule has 1 aliphatic heterocycles. The molecule has 2 aromatic heterocycles. The first kappa shape index (κ1) is 14.1. The molecule has 2 N–H and O–H groups in total. The number of halogens is 1. The molecule has 0 unspecified atom stereocenters. The van der Waals surface area contributed by atoms with Gasteiger partial charge in [0.2, 0.25) is 0 Å². The predicted octanol–water partition coefficient (Wildman–Crippen LogP) is 2.71. The first-order valence-corrected chi connectivity index (χ1v) is 7.28. The van der Waals surface area contributed by atoms with Crippen molar-refractivity contribution in [2.45, 2.75) is 25.0 Å². The van der Waals surface area contributed by atoms with Crippen LogP contribution in [0.3, 0.4) is 0 Å². The van der Waals surface area contributed by atoms with Crippen molar-refractivity contribution in [1.29, 1.82) is 0 Å². The third-order valence-electron chi connectivity index (χ3n) is 3.57. The van der Waals surface area contributed by atoms with E-state index < -0.39 is 0 Å². The molecule has 5 nitrogen and oxygen atoms in total. The molecule has 0 aliphatic carbocycles. The van der Waals surface area contributed by atoms with E-state index in [2.05, 4.69) is 15.3 Å². The number of hydrogen-bond acceptors (Lipinski definition) is 3. The molecule has 1 amide bonds. The van der Waals surface area contributed by atoms with Crippen molar-refractivity contribution >= 4 is 17.5 Å². The van der Waals surface area contributed by atoms with E-state index in [4.69, 9.17) is 16.3 Å². The van der Waals surface area contributed by atoms with Gasteiger partial charge in [0, 0.05) is 25.2 Å². The molecule has 1 aliphatic rings. The smallest absolute Gasteiger partial charge is 0.268 e.